The molecule has 1 N–H and O–H groups in total. The van der Waals surface area contributed by atoms with Crippen LogP contribution in [0.3, 0.4) is 0 Å². The smallest absolute Gasteiger partial charge is 0.408 e. The molecular formula is C10H17ClN2O2. The Morgan fingerprint density at radius 3 is 3.13 bits per heavy atom. The van der Waals surface area contributed by atoms with Crippen LogP contribution in [0, 0.1) is 0 Å². The topological polar surface area (TPSA) is 41.6 Å². The Bertz CT molecular complexity index is 237. The number of ether oxygens (including phenoxy) is 1. The first-order valence-corrected chi connectivity index (χ1v) is 6.06. The molecule has 15 heavy (non-hydrogen) atoms. The van der Waals surface area contributed by atoms with E-state index in [1.165, 1.54) is 19.4 Å². The van der Waals surface area contributed by atoms with Crippen molar-refractivity contribution < 1.29 is 9.53 Å². The van der Waals surface area contributed by atoms with Gasteiger partial charge in [0.2, 0.25) is 0 Å². The molecule has 2 atom stereocenters. The number of fused-ring (bicyclic) bond motifs is 1. The Kier molecular flexibility index (Phi) is 3.70. The van der Waals surface area contributed by atoms with Crippen molar-refractivity contribution in [1.82, 2.24) is 10.2 Å². The van der Waals surface area contributed by atoms with Crippen LogP contribution in [0.2, 0.25) is 0 Å². The zero-order valence-electron chi connectivity index (χ0n) is 8.75. The lowest BCUT2D eigenvalue weighted by Crippen LogP contribution is -2.47. The van der Waals surface area contributed by atoms with Gasteiger partial charge in [0.25, 0.3) is 0 Å². The average Bonchev–Trinajstić information content (AvgIpc) is 2.65. The molecule has 1 amide bonds. The molecule has 0 radical (unpaired) electrons. The van der Waals surface area contributed by atoms with Gasteiger partial charge in [0.1, 0.15) is 0 Å². The van der Waals surface area contributed by atoms with Gasteiger partial charge in [-0.3, -0.25) is 0 Å². The SMILES string of the molecule is O=C(NC1CCN2CCCC2C1)OCCl. The second-order valence-corrected chi connectivity index (χ2v) is 4.46. The third kappa shape index (κ3) is 2.75. The molecule has 86 valence electrons. The number of carbonyl (C=O) groups is 1. The van der Waals surface area contributed by atoms with Crippen LogP contribution in [0.25, 0.3) is 0 Å². The summed E-state index contributed by atoms with van der Waals surface area (Å²) in [5.74, 6) is 0. The number of carbonyl (C=O) groups excluding carboxylic acids is 1. The van der Waals surface area contributed by atoms with Crippen molar-refractivity contribution in [2.45, 2.75) is 37.8 Å². The van der Waals surface area contributed by atoms with Crippen molar-refractivity contribution in [2.24, 2.45) is 0 Å². The summed E-state index contributed by atoms with van der Waals surface area (Å²) in [6, 6.07) is 0.855. The van der Waals surface area contributed by atoms with Crippen LogP contribution in [0.4, 0.5) is 4.79 Å². The first kappa shape index (κ1) is 11.0. The summed E-state index contributed by atoms with van der Waals surface area (Å²) in [5, 5.41) is 2.86. The first-order chi connectivity index (χ1) is 7.29. The zero-order valence-corrected chi connectivity index (χ0v) is 9.50. The van der Waals surface area contributed by atoms with Crippen molar-refractivity contribution in [3.63, 3.8) is 0 Å². The van der Waals surface area contributed by atoms with Crippen LogP contribution in [0.15, 0.2) is 0 Å². The fourth-order valence-corrected chi connectivity index (χ4v) is 2.71. The number of alkyl carbamates (subject to hydrolysis) is 1. The lowest BCUT2D eigenvalue weighted by molar-refractivity contribution is 0.137. The number of hydrogen-bond donors (Lipinski definition) is 1. The Hall–Kier alpha value is -0.480. The molecule has 0 aromatic heterocycles. The molecule has 0 saturated carbocycles. The third-order valence-corrected chi connectivity index (χ3v) is 3.44. The van der Waals surface area contributed by atoms with E-state index in [0.717, 1.165) is 19.4 Å². The highest BCUT2D eigenvalue weighted by molar-refractivity contribution is 6.17. The molecule has 0 aromatic carbocycles. The van der Waals surface area contributed by atoms with Crippen molar-refractivity contribution in [3.8, 4) is 0 Å². The average molecular weight is 233 g/mol. The van der Waals surface area contributed by atoms with Gasteiger partial charge in [-0.25, -0.2) is 4.79 Å². The minimum absolute atomic E-state index is 0.0753. The number of nitrogens with one attached hydrogen (secondary N) is 1. The van der Waals surface area contributed by atoms with Gasteiger partial charge in [-0.2, -0.15) is 0 Å². The van der Waals surface area contributed by atoms with Gasteiger partial charge in [0, 0.05) is 18.6 Å². The summed E-state index contributed by atoms with van der Waals surface area (Å²) >= 11 is 5.31. The number of piperidine rings is 1. The van der Waals surface area contributed by atoms with E-state index in [2.05, 4.69) is 15.0 Å². The number of alkyl halides is 1. The highest BCUT2D eigenvalue weighted by Crippen LogP contribution is 2.26. The molecule has 0 bridgehead atoms. The summed E-state index contributed by atoms with van der Waals surface area (Å²) in [4.78, 5) is 13.7. The molecule has 2 aliphatic rings. The molecule has 0 aliphatic carbocycles. The molecule has 2 aliphatic heterocycles. The maximum Gasteiger partial charge on any atom is 0.408 e. The number of nitrogens with zero attached hydrogens (tertiary/aromatic N) is 1. The maximum atomic E-state index is 11.2. The predicted molar refractivity (Wildman–Crippen MR) is 58.0 cm³/mol. The summed E-state index contributed by atoms with van der Waals surface area (Å²) in [6.45, 7) is 2.32. The summed E-state index contributed by atoms with van der Waals surface area (Å²) in [6.07, 6.45) is 4.25. The molecular weight excluding hydrogens is 216 g/mol. The van der Waals surface area contributed by atoms with Crippen LogP contribution >= 0.6 is 11.6 Å². The fraction of sp³-hybridized carbons (Fsp3) is 0.900. The van der Waals surface area contributed by atoms with Gasteiger partial charge >= 0.3 is 6.09 Å². The van der Waals surface area contributed by atoms with Gasteiger partial charge < -0.3 is 15.0 Å². The van der Waals surface area contributed by atoms with Crippen LogP contribution in [-0.2, 0) is 4.74 Å². The fourth-order valence-electron chi connectivity index (χ4n) is 2.61. The van der Waals surface area contributed by atoms with Crippen molar-refractivity contribution in [1.29, 1.82) is 0 Å². The van der Waals surface area contributed by atoms with Crippen LogP contribution in [0.5, 0.6) is 0 Å². The number of hydrogen-bond acceptors (Lipinski definition) is 3. The standard InChI is InChI=1S/C10H17ClN2O2/c11-7-15-10(14)12-8-3-5-13-4-1-2-9(13)6-8/h8-9H,1-7H2,(H,12,14). The second kappa shape index (κ2) is 5.03. The van der Waals surface area contributed by atoms with Crippen LogP contribution < -0.4 is 5.32 Å². The molecule has 2 heterocycles. The summed E-state index contributed by atoms with van der Waals surface area (Å²) in [5.41, 5.74) is 0. The van der Waals surface area contributed by atoms with E-state index in [0.29, 0.717) is 6.04 Å². The van der Waals surface area contributed by atoms with Crippen LogP contribution in [0.1, 0.15) is 25.7 Å². The monoisotopic (exact) mass is 232 g/mol. The third-order valence-electron chi connectivity index (χ3n) is 3.33. The van der Waals surface area contributed by atoms with E-state index in [-0.39, 0.29) is 18.2 Å². The highest BCUT2D eigenvalue weighted by Gasteiger charge is 2.32. The highest BCUT2D eigenvalue weighted by atomic mass is 35.5. The van der Waals surface area contributed by atoms with Gasteiger partial charge in [0.15, 0.2) is 6.07 Å². The quantitative estimate of drug-likeness (QED) is 0.735. The molecule has 2 fully saturated rings. The number of halogens is 1. The maximum absolute atomic E-state index is 11.2. The van der Waals surface area contributed by atoms with Gasteiger partial charge in [-0.05, 0) is 32.2 Å². The zero-order chi connectivity index (χ0) is 10.7. The van der Waals surface area contributed by atoms with Crippen molar-refractivity contribution in [3.05, 3.63) is 0 Å². The van der Waals surface area contributed by atoms with E-state index < -0.39 is 0 Å². The molecule has 2 rings (SSSR count). The molecule has 0 spiro atoms. The second-order valence-electron chi connectivity index (χ2n) is 4.24. The van der Waals surface area contributed by atoms with Gasteiger partial charge in [0.05, 0.1) is 0 Å². The normalized spacial score (nSPS) is 31.0. The van der Waals surface area contributed by atoms with E-state index in [1.54, 1.807) is 0 Å². The Balaban J connectivity index is 1.77. The van der Waals surface area contributed by atoms with Gasteiger partial charge in [-0.15, -0.1) is 0 Å². The largest absolute Gasteiger partial charge is 0.433 e. The minimum Gasteiger partial charge on any atom is -0.433 e. The summed E-state index contributed by atoms with van der Waals surface area (Å²) < 4.78 is 4.66. The molecule has 5 heteroatoms. The Morgan fingerprint density at radius 1 is 1.47 bits per heavy atom. The minimum atomic E-state index is -0.388. The first-order valence-electron chi connectivity index (χ1n) is 5.53. The number of amides is 1. The van der Waals surface area contributed by atoms with E-state index >= 15 is 0 Å². The molecule has 0 aromatic rings. The van der Waals surface area contributed by atoms with E-state index in [9.17, 15) is 4.79 Å². The summed E-state index contributed by atoms with van der Waals surface area (Å²) in [7, 11) is 0. The van der Waals surface area contributed by atoms with Crippen molar-refractivity contribution >= 4 is 17.7 Å². The number of rotatable bonds is 2. The van der Waals surface area contributed by atoms with Gasteiger partial charge in [-0.1, -0.05) is 11.6 Å². The van der Waals surface area contributed by atoms with E-state index in [1.807, 2.05) is 0 Å². The molecule has 2 unspecified atom stereocenters. The lowest BCUT2D eigenvalue weighted by atomic mass is 9.98. The Morgan fingerprint density at radius 2 is 2.33 bits per heavy atom. The predicted octanol–water partition coefficient (Wildman–Crippen LogP) is 1.54. The van der Waals surface area contributed by atoms with E-state index in [4.69, 9.17) is 11.6 Å². The lowest BCUT2D eigenvalue weighted by Gasteiger charge is -2.34. The van der Waals surface area contributed by atoms with Crippen molar-refractivity contribution in [2.75, 3.05) is 19.2 Å². The van der Waals surface area contributed by atoms with Crippen LogP contribution in [-0.4, -0.2) is 42.2 Å². The molecule has 4 nitrogen and oxygen atoms in total. The molecule has 2 saturated heterocycles. The Labute approximate surface area is 94.9 Å².